The molecule has 1 unspecified atom stereocenters. The van der Waals surface area contributed by atoms with E-state index in [1.54, 1.807) is 0 Å². The first-order valence-corrected chi connectivity index (χ1v) is 6.33. The summed E-state index contributed by atoms with van der Waals surface area (Å²) in [5.41, 5.74) is 2.79. The summed E-state index contributed by atoms with van der Waals surface area (Å²) in [5.74, 6) is 1.44. The van der Waals surface area contributed by atoms with Gasteiger partial charge in [0.25, 0.3) is 0 Å². The molecule has 0 radical (unpaired) electrons. The molecule has 2 rings (SSSR count). The number of nitrogens with zero attached hydrogens (tertiary/aromatic N) is 2. The van der Waals surface area contributed by atoms with Crippen LogP contribution in [0, 0.1) is 0 Å². The third-order valence-electron chi connectivity index (χ3n) is 3.35. The Labute approximate surface area is 92.7 Å². The first kappa shape index (κ1) is 10.7. The normalized spacial score (nSPS) is 18.1. The van der Waals surface area contributed by atoms with Crippen molar-refractivity contribution in [2.75, 3.05) is 0 Å². The SMILES string of the molecule is CCCC(C)c1cc(C2CC2)nn1CC. The van der Waals surface area contributed by atoms with Crippen LogP contribution in [0.4, 0.5) is 0 Å². The van der Waals surface area contributed by atoms with Gasteiger partial charge in [0.15, 0.2) is 0 Å². The van der Waals surface area contributed by atoms with E-state index in [1.165, 1.54) is 37.1 Å². The minimum atomic E-state index is 0.662. The highest BCUT2D eigenvalue weighted by atomic mass is 15.3. The molecular formula is C13H22N2. The quantitative estimate of drug-likeness (QED) is 0.718. The zero-order valence-corrected chi connectivity index (χ0v) is 10.2. The van der Waals surface area contributed by atoms with E-state index in [9.17, 15) is 0 Å². The standard InChI is InChI=1S/C13H22N2/c1-4-6-10(3)13-9-12(11-7-8-11)14-15(13)5-2/h9-11H,4-8H2,1-3H3. The average Bonchev–Trinajstić information content (AvgIpc) is 2.98. The van der Waals surface area contributed by atoms with Crippen molar-refractivity contribution in [3.05, 3.63) is 17.5 Å². The highest BCUT2D eigenvalue weighted by molar-refractivity contribution is 5.21. The van der Waals surface area contributed by atoms with Gasteiger partial charge in [0.1, 0.15) is 0 Å². The van der Waals surface area contributed by atoms with Crippen molar-refractivity contribution in [2.24, 2.45) is 0 Å². The van der Waals surface area contributed by atoms with Crippen LogP contribution < -0.4 is 0 Å². The van der Waals surface area contributed by atoms with Gasteiger partial charge in [-0.3, -0.25) is 4.68 Å². The Balaban J connectivity index is 2.19. The summed E-state index contributed by atoms with van der Waals surface area (Å²) >= 11 is 0. The maximum absolute atomic E-state index is 4.71. The molecule has 84 valence electrons. The highest BCUT2D eigenvalue weighted by Crippen LogP contribution is 2.40. The summed E-state index contributed by atoms with van der Waals surface area (Å²) in [5, 5.41) is 4.71. The predicted octanol–water partition coefficient (Wildman–Crippen LogP) is 3.68. The van der Waals surface area contributed by atoms with Gasteiger partial charge in [0.05, 0.1) is 5.69 Å². The fourth-order valence-electron chi connectivity index (χ4n) is 2.26. The van der Waals surface area contributed by atoms with Gasteiger partial charge in [0.2, 0.25) is 0 Å². The molecule has 1 heterocycles. The van der Waals surface area contributed by atoms with E-state index >= 15 is 0 Å². The molecule has 1 aromatic heterocycles. The van der Waals surface area contributed by atoms with Crippen LogP contribution in [0.3, 0.4) is 0 Å². The third kappa shape index (κ3) is 2.24. The molecule has 0 aliphatic heterocycles. The van der Waals surface area contributed by atoms with Crippen molar-refractivity contribution in [1.82, 2.24) is 9.78 Å². The van der Waals surface area contributed by atoms with Gasteiger partial charge in [-0.05, 0) is 38.2 Å². The first-order chi connectivity index (χ1) is 7.26. The van der Waals surface area contributed by atoms with Gasteiger partial charge in [-0.1, -0.05) is 20.3 Å². The summed E-state index contributed by atoms with van der Waals surface area (Å²) < 4.78 is 2.20. The van der Waals surface area contributed by atoms with Gasteiger partial charge in [-0.25, -0.2) is 0 Å². The summed E-state index contributed by atoms with van der Waals surface area (Å²) in [6.07, 6.45) is 5.23. The maximum Gasteiger partial charge on any atom is 0.0658 e. The maximum atomic E-state index is 4.71. The largest absolute Gasteiger partial charge is 0.269 e. The van der Waals surface area contributed by atoms with E-state index in [-0.39, 0.29) is 0 Å². The van der Waals surface area contributed by atoms with Crippen molar-refractivity contribution in [3.8, 4) is 0 Å². The predicted molar refractivity (Wildman–Crippen MR) is 63.2 cm³/mol. The molecule has 15 heavy (non-hydrogen) atoms. The lowest BCUT2D eigenvalue weighted by atomic mass is 10.0. The highest BCUT2D eigenvalue weighted by Gasteiger charge is 2.27. The Morgan fingerprint density at radius 1 is 1.47 bits per heavy atom. The van der Waals surface area contributed by atoms with Crippen LogP contribution >= 0.6 is 0 Å². The molecule has 0 aromatic carbocycles. The monoisotopic (exact) mass is 206 g/mol. The molecule has 0 N–H and O–H groups in total. The van der Waals surface area contributed by atoms with Crippen LogP contribution in [0.15, 0.2) is 6.07 Å². The number of hydrogen-bond acceptors (Lipinski definition) is 1. The first-order valence-electron chi connectivity index (χ1n) is 6.33. The molecular weight excluding hydrogens is 184 g/mol. The second-order valence-corrected chi connectivity index (χ2v) is 4.77. The number of aromatic nitrogens is 2. The summed E-state index contributed by atoms with van der Waals surface area (Å²) in [7, 11) is 0. The fraction of sp³-hybridized carbons (Fsp3) is 0.769. The van der Waals surface area contributed by atoms with Crippen LogP contribution in [-0.4, -0.2) is 9.78 Å². The van der Waals surface area contributed by atoms with Gasteiger partial charge < -0.3 is 0 Å². The zero-order chi connectivity index (χ0) is 10.8. The zero-order valence-electron chi connectivity index (χ0n) is 10.2. The Hall–Kier alpha value is -0.790. The average molecular weight is 206 g/mol. The van der Waals surface area contributed by atoms with Gasteiger partial charge in [-0.15, -0.1) is 0 Å². The van der Waals surface area contributed by atoms with Crippen LogP contribution in [0.2, 0.25) is 0 Å². The van der Waals surface area contributed by atoms with Crippen LogP contribution in [0.5, 0.6) is 0 Å². The summed E-state index contributed by atoms with van der Waals surface area (Å²) in [4.78, 5) is 0. The van der Waals surface area contributed by atoms with Gasteiger partial charge >= 0.3 is 0 Å². The molecule has 0 spiro atoms. The second-order valence-electron chi connectivity index (χ2n) is 4.77. The molecule has 2 nitrogen and oxygen atoms in total. The molecule has 0 amide bonds. The van der Waals surface area contributed by atoms with Gasteiger partial charge in [-0.2, -0.15) is 5.10 Å². The molecule has 2 heteroatoms. The smallest absolute Gasteiger partial charge is 0.0658 e. The minimum Gasteiger partial charge on any atom is -0.269 e. The molecule has 0 bridgehead atoms. The fourth-order valence-corrected chi connectivity index (χ4v) is 2.26. The molecule has 1 atom stereocenters. The van der Waals surface area contributed by atoms with E-state index in [0.29, 0.717) is 5.92 Å². The lowest BCUT2D eigenvalue weighted by Gasteiger charge is -2.11. The molecule has 1 saturated carbocycles. The van der Waals surface area contributed by atoms with Gasteiger partial charge in [0, 0.05) is 18.2 Å². The lowest BCUT2D eigenvalue weighted by molar-refractivity contribution is 0.553. The Morgan fingerprint density at radius 2 is 2.20 bits per heavy atom. The third-order valence-corrected chi connectivity index (χ3v) is 3.35. The van der Waals surface area contributed by atoms with E-state index in [2.05, 4.69) is 31.5 Å². The van der Waals surface area contributed by atoms with E-state index in [1.807, 2.05) is 0 Å². The second kappa shape index (κ2) is 4.38. The Morgan fingerprint density at radius 3 is 2.73 bits per heavy atom. The van der Waals surface area contributed by atoms with Crippen LogP contribution in [-0.2, 0) is 6.54 Å². The Bertz CT molecular complexity index is 323. The molecule has 0 saturated heterocycles. The van der Waals surface area contributed by atoms with Crippen molar-refractivity contribution < 1.29 is 0 Å². The molecule has 1 aromatic rings. The van der Waals surface area contributed by atoms with Crippen LogP contribution in [0.25, 0.3) is 0 Å². The van der Waals surface area contributed by atoms with E-state index in [0.717, 1.165) is 12.5 Å². The summed E-state index contributed by atoms with van der Waals surface area (Å²) in [6.45, 7) is 7.77. The minimum absolute atomic E-state index is 0.662. The number of rotatable bonds is 5. The van der Waals surface area contributed by atoms with E-state index in [4.69, 9.17) is 5.10 Å². The van der Waals surface area contributed by atoms with Crippen LogP contribution in [0.1, 0.15) is 69.7 Å². The summed E-state index contributed by atoms with van der Waals surface area (Å²) in [6, 6.07) is 2.35. The van der Waals surface area contributed by atoms with Crippen molar-refractivity contribution in [1.29, 1.82) is 0 Å². The molecule has 1 aliphatic rings. The van der Waals surface area contributed by atoms with Crippen molar-refractivity contribution in [2.45, 2.75) is 64.8 Å². The molecule has 1 fully saturated rings. The van der Waals surface area contributed by atoms with Crippen molar-refractivity contribution >= 4 is 0 Å². The number of hydrogen-bond donors (Lipinski definition) is 0. The van der Waals surface area contributed by atoms with E-state index < -0.39 is 0 Å². The number of aryl methyl sites for hydroxylation is 1. The Kier molecular flexibility index (Phi) is 3.13. The topological polar surface area (TPSA) is 17.8 Å². The molecule has 1 aliphatic carbocycles. The van der Waals surface area contributed by atoms with Crippen molar-refractivity contribution in [3.63, 3.8) is 0 Å². The lowest BCUT2D eigenvalue weighted by Crippen LogP contribution is -2.05.